The minimum Gasteiger partial charge on any atom is -0.444 e. The van der Waals surface area contributed by atoms with Crippen LogP contribution in [-0.2, 0) is 4.74 Å². The highest BCUT2D eigenvalue weighted by molar-refractivity contribution is 5.68. The number of carbonyl (C=O) groups is 1. The quantitative estimate of drug-likeness (QED) is 0.881. The van der Waals surface area contributed by atoms with Gasteiger partial charge in [0, 0.05) is 17.8 Å². The van der Waals surface area contributed by atoms with Crippen LogP contribution in [0, 0.1) is 13.8 Å². The molecular formula is C18H28N2O2. The molecule has 0 spiro atoms. The van der Waals surface area contributed by atoms with Crippen LogP contribution in [0.3, 0.4) is 0 Å². The summed E-state index contributed by atoms with van der Waals surface area (Å²) >= 11 is 0. The number of hydrogen-bond donors (Lipinski definition) is 2. The summed E-state index contributed by atoms with van der Waals surface area (Å²) < 4.78 is 5.31. The first-order chi connectivity index (χ1) is 10.2. The maximum Gasteiger partial charge on any atom is 0.407 e. The number of alkyl carbamates (subject to hydrolysis) is 1. The smallest absolute Gasteiger partial charge is 0.407 e. The topological polar surface area (TPSA) is 50.4 Å². The predicted octanol–water partition coefficient (Wildman–Crippen LogP) is 4.16. The van der Waals surface area contributed by atoms with Crippen LogP contribution < -0.4 is 10.6 Å². The van der Waals surface area contributed by atoms with Gasteiger partial charge >= 0.3 is 6.09 Å². The molecule has 0 aromatic heterocycles. The number of carbonyl (C=O) groups excluding carboxylic acids is 1. The van der Waals surface area contributed by atoms with E-state index in [1.54, 1.807) is 0 Å². The molecule has 0 heterocycles. The Labute approximate surface area is 133 Å². The van der Waals surface area contributed by atoms with Gasteiger partial charge in [-0.05, 0) is 65.5 Å². The molecule has 1 fully saturated rings. The van der Waals surface area contributed by atoms with E-state index in [4.69, 9.17) is 4.74 Å². The summed E-state index contributed by atoms with van der Waals surface area (Å²) in [6, 6.07) is 7.05. The minimum atomic E-state index is -0.445. The van der Waals surface area contributed by atoms with Gasteiger partial charge in [0.15, 0.2) is 0 Å². The van der Waals surface area contributed by atoms with Crippen LogP contribution >= 0.6 is 0 Å². The maximum atomic E-state index is 11.8. The van der Waals surface area contributed by atoms with E-state index in [-0.39, 0.29) is 12.1 Å². The summed E-state index contributed by atoms with van der Waals surface area (Å²) in [5.41, 5.74) is 3.29. The number of amides is 1. The van der Waals surface area contributed by atoms with Crippen LogP contribution in [0.4, 0.5) is 10.5 Å². The van der Waals surface area contributed by atoms with Gasteiger partial charge in [0.05, 0.1) is 0 Å². The van der Waals surface area contributed by atoms with Gasteiger partial charge in [-0.3, -0.25) is 0 Å². The van der Waals surface area contributed by atoms with Crippen LogP contribution in [0.5, 0.6) is 0 Å². The molecule has 1 aliphatic rings. The molecule has 2 rings (SSSR count). The van der Waals surface area contributed by atoms with Crippen molar-refractivity contribution in [3.05, 3.63) is 29.3 Å². The van der Waals surface area contributed by atoms with E-state index < -0.39 is 5.60 Å². The Balaban J connectivity index is 1.84. The summed E-state index contributed by atoms with van der Waals surface area (Å²) in [5.74, 6) is 0. The first kappa shape index (κ1) is 16.7. The number of benzene rings is 1. The van der Waals surface area contributed by atoms with Gasteiger partial charge in [0.1, 0.15) is 5.60 Å². The molecule has 2 N–H and O–H groups in total. The van der Waals surface area contributed by atoms with Gasteiger partial charge in [-0.25, -0.2) is 4.79 Å². The summed E-state index contributed by atoms with van der Waals surface area (Å²) in [5, 5.41) is 6.57. The number of aryl methyl sites for hydroxylation is 2. The Bertz CT molecular complexity index is 534. The first-order valence-electron chi connectivity index (χ1n) is 8.06. The average Bonchev–Trinajstić information content (AvgIpc) is 2.77. The number of ether oxygens (including phenoxy) is 1. The van der Waals surface area contributed by atoms with Crippen molar-refractivity contribution in [1.82, 2.24) is 5.32 Å². The van der Waals surface area contributed by atoms with E-state index in [0.29, 0.717) is 6.04 Å². The highest BCUT2D eigenvalue weighted by Crippen LogP contribution is 2.25. The molecule has 0 radical (unpaired) electrons. The Morgan fingerprint density at radius 2 is 1.86 bits per heavy atom. The summed E-state index contributed by atoms with van der Waals surface area (Å²) in [4.78, 5) is 11.8. The summed E-state index contributed by atoms with van der Waals surface area (Å²) in [6.45, 7) is 9.87. The van der Waals surface area contributed by atoms with Crippen LogP contribution in [-0.4, -0.2) is 23.8 Å². The average molecular weight is 304 g/mol. The zero-order chi connectivity index (χ0) is 16.3. The third-order valence-electron chi connectivity index (χ3n) is 3.90. The van der Waals surface area contributed by atoms with Crippen molar-refractivity contribution in [3.63, 3.8) is 0 Å². The molecule has 2 atom stereocenters. The highest BCUT2D eigenvalue weighted by Gasteiger charge is 2.27. The van der Waals surface area contributed by atoms with Crippen LogP contribution in [0.2, 0.25) is 0 Å². The Morgan fingerprint density at radius 3 is 2.50 bits per heavy atom. The number of hydrogen-bond acceptors (Lipinski definition) is 3. The van der Waals surface area contributed by atoms with Crippen molar-refractivity contribution in [2.24, 2.45) is 0 Å². The van der Waals surface area contributed by atoms with Crippen LogP contribution in [0.15, 0.2) is 18.2 Å². The SMILES string of the molecule is Cc1ccc(NC2CCC(NC(=O)OC(C)(C)C)C2)c(C)c1. The Hall–Kier alpha value is -1.71. The van der Waals surface area contributed by atoms with Crippen molar-refractivity contribution in [1.29, 1.82) is 0 Å². The second-order valence-corrected chi connectivity index (χ2v) is 7.32. The van der Waals surface area contributed by atoms with Crippen molar-refractivity contribution in [2.45, 2.75) is 71.6 Å². The number of nitrogens with one attached hydrogen (secondary N) is 2. The highest BCUT2D eigenvalue weighted by atomic mass is 16.6. The summed E-state index contributed by atoms with van der Waals surface area (Å²) in [7, 11) is 0. The van der Waals surface area contributed by atoms with Crippen molar-refractivity contribution in [3.8, 4) is 0 Å². The van der Waals surface area contributed by atoms with Gasteiger partial charge in [0.25, 0.3) is 0 Å². The molecule has 122 valence electrons. The third kappa shape index (κ3) is 4.93. The Kier molecular flexibility index (Phi) is 4.99. The molecule has 0 saturated heterocycles. The minimum absolute atomic E-state index is 0.193. The van der Waals surface area contributed by atoms with Crippen molar-refractivity contribution < 1.29 is 9.53 Å². The van der Waals surface area contributed by atoms with E-state index in [0.717, 1.165) is 19.3 Å². The molecule has 1 aliphatic carbocycles. The van der Waals surface area contributed by atoms with E-state index in [1.165, 1.54) is 16.8 Å². The van der Waals surface area contributed by atoms with Crippen molar-refractivity contribution in [2.75, 3.05) is 5.32 Å². The molecule has 22 heavy (non-hydrogen) atoms. The monoisotopic (exact) mass is 304 g/mol. The standard InChI is InChI=1S/C18H28N2O2/c1-12-6-9-16(13(2)10-12)19-14-7-8-15(11-14)20-17(21)22-18(3,4)5/h6,9-10,14-15,19H,7-8,11H2,1-5H3,(H,20,21). The van der Waals surface area contributed by atoms with E-state index in [9.17, 15) is 4.79 Å². The third-order valence-corrected chi connectivity index (χ3v) is 3.90. The lowest BCUT2D eigenvalue weighted by atomic mass is 10.1. The van der Waals surface area contributed by atoms with Gasteiger partial charge in [0.2, 0.25) is 0 Å². The molecule has 4 heteroatoms. The zero-order valence-corrected chi connectivity index (χ0v) is 14.3. The number of anilines is 1. The largest absolute Gasteiger partial charge is 0.444 e. The number of rotatable bonds is 3. The molecule has 0 aliphatic heterocycles. The van der Waals surface area contributed by atoms with Gasteiger partial charge in [-0.2, -0.15) is 0 Å². The first-order valence-corrected chi connectivity index (χ1v) is 8.06. The second-order valence-electron chi connectivity index (χ2n) is 7.32. The molecular weight excluding hydrogens is 276 g/mol. The van der Waals surface area contributed by atoms with Gasteiger partial charge < -0.3 is 15.4 Å². The maximum absolute atomic E-state index is 11.8. The molecule has 4 nitrogen and oxygen atoms in total. The molecule has 1 aromatic rings. The fourth-order valence-corrected chi connectivity index (χ4v) is 2.91. The van der Waals surface area contributed by atoms with Crippen LogP contribution in [0.1, 0.15) is 51.2 Å². The fraction of sp³-hybridized carbons (Fsp3) is 0.611. The molecule has 1 saturated carbocycles. The molecule has 0 bridgehead atoms. The lowest BCUT2D eigenvalue weighted by molar-refractivity contribution is 0.0505. The van der Waals surface area contributed by atoms with E-state index in [1.807, 2.05) is 20.8 Å². The lowest BCUT2D eigenvalue weighted by Crippen LogP contribution is -2.38. The predicted molar refractivity (Wildman–Crippen MR) is 90.3 cm³/mol. The van der Waals surface area contributed by atoms with E-state index in [2.05, 4.69) is 42.7 Å². The lowest BCUT2D eigenvalue weighted by Gasteiger charge is -2.22. The molecule has 1 aromatic carbocycles. The van der Waals surface area contributed by atoms with Gasteiger partial charge in [-0.15, -0.1) is 0 Å². The second kappa shape index (κ2) is 6.59. The van der Waals surface area contributed by atoms with Crippen molar-refractivity contribution >= 4 is 11.8 Å². The normalized spacial score (nSPS) is 21.5. The Morgan fingerprint density at radius 1 is 1.18 bits per heavy atom. The molecule has 1 amide bonds. The van der Waals surface area contributed by atoms with E-state index >= 15 is 0 Å². The summed E-state index contributed by atoms with van der Waals surface area (Å²) in [6.07, 6.45) is 2.67. The zero-order valence-electron chi connectivity index (χ0n) is 14.3. The van der Waals surface area contributed by atoms with Crippen LogP contribution in [0.25, 0.3) is 0 Å². The fourth-order valence-electron chi connectivity index (χ4n) is 2.91. The van der Waals surface area contributed by atoms with Gasteiger partial charge in [-0.1, -0.05) is 17.7 Å². The molecule has 2 unspecified atom stereocenters.